The van der Waals surface area contributed by atoms with E-state index in [0.29, 0.717) is 23.8 Å². The summed E-state index contributed by atoms with van der Waals surface area (Å²) >= 11 is 0. The molecule has 1 N–H and O–H groups in total. The van der Waals surface area contributed by atoms with Gasteiger partial charge in [-0.15, -0.1) is 0 Å². The molecule has 0 aliphatic carbocycles. The largest absolute Gasteiger partial charge is 0.462 e. The molecule has 0 aromatic heterocycles. The second kappa shape index (κ2) is 8.65. The Hall–Kier alpha value is -2.53. The third kappa shape index (κ3) is 4.14. The van der Waals surface area contributed by atoms with Crippen molar-refractivity contribution in [1.29, 1.82) is 0 Å². The van der Waals surface area contributed by atoms with Gasteiger partial charge in [-0.1, -0.05) is 31.5 Å². The van der Waals surface area contributed by atoms with Gasteiger partial charge < -0.3 is 19.7 Å². The third-order valence-corrected chi connectivity index (χ3v) is 5.59. The number of rotatable bonds is 6. The zero-order valence-corrected chi connectivity index (χ0v) is 16.4. The van der Waals surface area contributed by atoms with E-state index >= 15 is 0 Å². The Morgan fingerprint density at radius 3 is 2.75 bits per heavy atom. The Bertz CT molecular complexity index is 828. The standard InChI is InChI=1S/C23H28N2O3/c1-2-3-13-25-14-11-17(12-15-25)16-27-23(26)18-7-6-9-20-22(18)28-21-10-5-4-8-19(21)24-20/h4-10,17,24H,2-3,11-16H2,1H3. The summed E-state index contributed by atoms with van der Waals surface area (Å²) in [4.78, 5) is 15.3. The Morgan fingerprint density at radius 2 is 1.93 bits per heavy atom. The van der Waals surface area contributed by atoms with Crippen LogP contribution < -0.4 is 10.1 Å². The topological polar surface area (TPSA) is 50.8 Å². The second-order valence-electron chi connectivity index (χ2n) is 7.64. The summed E-state index contributed by atoms with van der Waals surface area (Å²) < 4.78 is 11.7. The van der Waals surface area contributed by atoms with Crippen molar-refractivity contribution >= 4 is 17.3 Å². The molecule has 0 spiro atoms. The van der Waals surface area contributed by atoms with E-state index in [2.05, 4.69) is 17.1 Å². The zero-order chi connectivity index (χ0) is 19.3. The molecule has 5 heteroatoms. The Balaban J connectivity index is 1.35. The number of nitrogens with one attached hydrogen (secondary N) is 1. The minimum Gasteiger partial charge on any atom is -0.462 e. The lowest BCUT2D eigenvalue weighted by Gasteiger charge is -2.31. The number of unbranched alkanes of at least 4 members (excludes halogenated alkanes) is 1. The maximum atomic E-state index is 12.7. The predicted molar refractivity (Wildman–Crippen MR) is 111 cm³/mol. The van der Waals surface area contributed by atoms with Crippen LogP contribution >= 0.6 is 0 Å². The van der Waals surface area contributed by atoms with Gasteiger partial charge in [0, 0.05) is 0 Å². The van der Waals surface area contributed by atoms with Crippen LogP contribution in [0.1, 0.15) is 43.0 Å². The van der Waals surface area contributed by atoms with Crippen LogP contribution in [-0.2, 0) is 4.74 Å². The fourth-order valence-corrected chi connectivity index (χ4v) is 3.85. The molecule has 4 rings (SSSR count). The van der Waals surface area contributed by atoms with Crippen LogP contribution in [0.5, 0.6) is 11.5 Å². The summed E-state index contributed by atoms with van der Waals surface area (Å²) in [7, 11) is 0. The molecule has 0 amide bonds. The highest BCUT2D eigenvalue weighted by molar-refractivity contribution is 5.96. The minimum atomic E-state index is -0.313. The lowest BCUT2D eigenvalue weighted by molar-refractivity contribution is 0.0369. The van der Waals surface area contributed by atoms with Gasteiger partial charge in [0.25, 0.3) is 0 Å². The summed E-state index contributed by atoms with van der Waals surface area (Å²) in [6.45, 7) is 6.10. The van der Waals surface area contributed by atoms with E-state index in [4.69, 9.17) is 9.47 Å². The van der Waals surface area contributed by atoms with Gasteiger partial charge in [-0.3, -0.25) is 0 Å². The molecule has 0 saturated carbocycles. The van der Waals surface area contributed by atoms with Crippen LogP contribution in [0.15, 0.2) is 42.5 Å². The Labute approximate surface area is 166 Å². The monoisotopic (exact) mass is 380 g/mol. The van der Waals surface area contributed by atoms with Crippen molar-refractivity contribution in [3.8, 4) is 11.5 Å². The van der Waals surface area contributed by atoms with E-state index in [9.17, 15) is 4.79 Å². The van der Waals surface area contributed by atoms with E-state index in [0.717, 1.165) is 43.1 Å². The molecule has 2 aromatic carbocycles. The van der Waals surface area contributed by atoms with Gasteiger partial charge in [-0.25, -0.2) is 4.79 Å². The molecule has 0 unspecified atom stereocenters. The number of esters is 1. The molecule has 0 bridgehead atoms. The van der Waals surface area contributed by atoms with Gasteiger partial charge in [0.15, 0.2) is 11.5 Å². The first-order chi connectivity index (χ1) is 13.7. The van der Waals surface area contributed by atoms with Gasteiger partial charge >= 0.3 is 5.97 Å². The maximum Gasteiger partial charge on any atom is 0.342 e. The van der Waals surface area contributed by atoms with E-state index in [1.54, 1.807) is 6.07 Å². The Kier molecular flexibility index (Phi) is 5.81. The highest BCUT2D eigenvalue weighted by atomic mass is 16.5. The first-order valence-corrected chi connectivity index (χ1v) is 10.3. The molecule has 28 heavy (non-hydrogen) atoms. The molecular formula is C23H28N2O3. The average molecular weight is 380 g/mol. The molecule has 2 aliphatic rings. The Morgan fingerprint density at radius 1 is 1.14 bits per heavy atom. The molecule has 5 nitrogen and oxygen atoms in total. The summed E-state index contributed by atoms with van der Waals surface area (Å²) in [5.41, 5.74) is 2.16. The van der Waals surface area contributed by atoms with Crippen LogP contribution in [-0.4, -0.2) is 37.1 Å². The van der Waals surface area contributed by atoms with Gasteiger partial charge in [0.2, 0.25) is 0 Å². The quantitative estimate of drug-likeness (QED) is 0.595. The van der Waals surface area contributed by atoms with Crippen molar-refractivity contribution in [3.05, 3.63) is 48.0 Å². The molecule has 2 aliphatic heterocycles. The number of nitrogens with zero attached hydrogens (tertiary/aromatic N) is 1. The number of hydrogen-bond donors (Lipinski definition) is 1. The lowest BCUT2D eigenvalue weighted by atomic mass is 9.97. The molecule has 148 valence electrons. The van der Waals surface area contributed by atoms with Crippen molar-refractivity contribution in [1.82, 2.24) is 4.90 Å². The predicted octanol–water partition coefficient (Wildman–Crippen LogP) is 5.20. The van der Waals surface area contributed by atoms with E-state index < -0.39 is 0 Å². The number of anilines is 2. The van der Waals surface area contributed by atoms with Crippen molar-refractivity contribution < 1.29 is 14.3 Å². The molecule has 1 fully saturated rings. The molecule has 2 aromatic rings. The van der Waals surface area contributed by atoms with Crippen LogP contribution in [0.4, 0.5) is 11.4 Å². The van der Waals surface area contributed by atoms with Crippen LogP contribution in [0.3, 0.4) is 0 Å². The number of carbonyl (C=O) groups is 1. The third-order valence-electron chi connectivity index (χ3n) is 5.59. The molecule has 0 atom stereocenters. The average Bonchev–Trinajstić information content (AvgIpc) is 2.75. The van der Waals surface area contributed by atoms with Crippen LogP contribution in [0.25, 0.3) is 0 Å². The second-order valence-corrected chi connectivity index (χ2v) is 7.64. The highest BCUT2D eigenvalue weighted by Gasteiger charge is 2.25. The number of hydrogen-bond acceptors (Lipinski definition) is 5. The summed E-state index contributed by atoms with van der Waals surface area (Å²) in [6, 6.07) is 13.2. The normalized spacial score (nSPS) is 16.5. The molecule has 1 saturated heterocycles. The fraction of sp³-hybridized carbons (Fsp3) is 0.435. The summed E-state index contributed by atoms with van der Waals surface area (Å²) in [5, 5.41) is 3.32. The minimum absolute atomic E-state index is 0.313. The lowest BCUT2D eigenvalue weighted by Crippen LogP contribution is -2.36. The first-order valence-electron chi connectivity index (χ1n) is 10.3. The maximum absolute atomic E-state index is 12.7. The smallest absolute Gasteiger partial charge is 0.342 e. The summed E-state index contributed by atoms with van der Waals surface area (Å²) in [5.74, 6) is 1.39. The molecular weight excluding hydrogens is 352 g/mol. The first kappa shape index (κ1) is 18.8. The van der Waals surface area contributed by atoms with Crippen LogP contribution in [0, 0.1) is 5.92 Å². The van der Waals surface area contributed by atoms with Gasteiger partial charge in [-0.2, -0.15) is 0 Å². The van der Waals surface area contributed by atoms with E-state index in [1.807, 2.05) is 36.4 Å². The number of piperidine rings is 1. The highest BCUT2D eigenvalue weighted by Crippen LogP contribution is 2.43. The SMILES string of the molecule is CCCCN1CCC(COC(=O)c2cccc3c2Oc2ccccc2N3)CC1. The molecule has 0 radical (unpaired) electrons. The van der Waals surface area contributed by atoms with Crippen molar-refractivity contribution in [2.45, 2.75) is 32.6 Å². The van der Waals surface area contributed by atoms with Crippen molar-refractivity contribution in [3.63, 3.8) is 0 Å². The van der Waals surface area contributed by atoms with Gasteiger partial charge in [-0.05, 0) is 69.1 Å². The number of likely N-dealkylation sites (tertiary alicyclic amines) is 1. The van der Waals surface area contributed by atoms with E-state index in [-0.39, 0.29) is 5.97 Å². The number of fused-ring (bicyclic) bond motifs is 2. The zero-order valence-electron chi connectivity index (χ0n) is 16.4. The number of benzene rings is 2. The fourth-order valence-electron chi connectivity index (χ4n) is 3.85. The van der Waals surface area contributed by atoms with Crippen molar-refractivity contribution in [2.24, 2.45) is 5.92 Å². The number of ether oxygens (including phenoxy) is 2. The van der Waals surface area contributed by atoms with Crippen molar-refractivity contribution in [2.75, 3.05) is 31.6 Å². The molecule has 2 heterocycles. The van der Waals surface area contributed by atoms with Gasteiger partial charge in [0.1, 0.15) is 5.56 Å². The summed E-state index contributed by atoms with van der Waals surface area (Å²) in [6.07, 6.45) is 4.68. The number of carbonyl (C=O) groups excluding carboxylic acids is 1. The number of para-hydroxylation sites is 3. The van der Waals surface area contributed by atoms with E-state index in [1.165, 1.54) is 19.4 Å². The van der Waals surface area contributed by atoms with Gasteiger partial charge in [0.05, 0.1) is 18.0 Å². The van der Waals surface area contributed by atoms with Crippen LogP contribution in [0.2, 0.25) is 0 Å².